The zero-order chi connectivity index (χ0) is 19.4. The molecule has 3 rings (SSSR count). The maximum absolute atomic E-state index is 12.9. The van der Waals surface area contributed by atoms with E-state index in [1.165, 1.54) is 5.56 Å². The topological polar surface area (TPSA) is 62.3 Å². The number of rotatable bonds is 4. The second-order valence-corrected chi connectivity index (χ2v) is 8.02. The summed E-state index contributed by atoms with van der Waals surface area (Å²) >= 11 is 3.63. The van der Waals surface area contributed by atoms with Crippen LogP contribution in [-0.4, -0.2) is 34.8 Å². The molecule has 1 aliphatic heterocycles. The van der Waals surface area contributed by atoms with Gasteiger partial charge in [0.2, 0.25) is 5.91 Å². The highest BCUT2D eigenvalue weighted by atomic mass is 79.9. The molecule has 2 aromatic rings. The largest absolute Gasteiger partial charge is 0.339 e. The number of carbonyl (C=O) groups is 2. The number of piperidine rings is 1. The summed E-state index contributed by atoms with van der Waals surface area (Å²) in [5, 5.41) is 2.75. The molecule has 142 valence electrons. The van der Waals surface area contributed by atoms with E-state index < -0.39 is 0 Å². The molecule has 1 aromatic heterocycles. The van der Waals surface area contributed by atoms with Crippen molar-refractivity contribution in [1.82, 2.24) is 9.88 Å². The van der Waals surface area contributed by atoms with Gasteiger partial charge in [-0.25, -0.2) is 4.98 Å². The monoisotopic (exact) mass is 429 g/mol. The van der Waals surface area contributed by atoms with Crippen LogP contribution in [0.1, 0.15) is 48.5 Å². The van der Waals surface area contributed by atoms with Gasteiger partial charge >= 0.3 is 0 Å². The van der Waals surface area contributed by atoms with Crippen LogP contribution in [0.3, 0.4) is 0 Å². The van der Waals surface area contributed by atoms with Crippen LogP contribution in [0.15, 0.2) is 47.1 Å². The Bertz CT molecular complexity index is 830. The highest BCUT2D eigenvalue weighted by Gasteiger charge is 2.25. The molecule has 2 heterocycles. The summed E-state index contributed by atoms with van der Waals surface area (Å²) < 4.78 is 1.13. The van der Waals surface area contributed by atoms with E-state index in [4.69, 9.17) is 0 Å². The molecule has 0 unspecified atom stereocenters. The van der Waals surface area contributed by atoms with Crippen molar-refractivity contribution in [2.75, 3.05) is 18.4 Å². The van der Waals surface area contributed by atoms with Gasteiger partial charge in [0.05, 0.1) is 0 Å². The Morgan fingerprint density at radius 2 is 1.89 bits per heavy atom. The number of likely N-dealkylation sites (tertiary alicyclic amines) is 1. The maximum Gasteiger partial charge on any atom is 0.254 e. The fourth-order valence-corrected chi connectivity index (χ4v) is 3.89. The number of anilines is 1. The Kier molecular flexibility index (Phi) is 6.26. The first-order chi connectivity index (χ1) is 13.0. The number of hydrogen-bond acceptors (Lipinski definition) is 3. The number of halogens is 1. The second-order valence-electron chi connectivity index (χ2n) is 7.16. The molecule has 0 saturated carbocycles. The molecule has 1 aliphatic rings. The summed E-state index contributed by atoms with van der Waals surface area (Å²) in [6, 6.07) is 11.7. The molecular formula is C21H24BrN3O2. The number of benzene rings is 1. The highest BCUT2D eigenvalue weighted by molar-refractivity contribution is 9.10. The Balaban J connectivity index is 1.64. The van der Waals surface area contributed by atoms with Crippen molar-refractivity contribution in [2.24, 2.45) is 5.92 Å². The third-order valence-corrected chi connectivity index (χ3v) is 5.63. The van der Waals surface area contributed by atoms with E-state index >= 15 is 0 Å². The maximum atomic E-state index is 12.9. The number of aromatic nitrogens is 1. The molecule has 0 radical (unpaired) electrons. The van der Waals surface area contributed by atoms with Crippen molar-refractivity contribution in [1.29, 1.82) is 0 Å². The molecule has 1 aromatic carbocycles. The summed E-state index contributed by atoms with van der Waals surface area (Å²) in [4.78, 5) is 30.7. The average Bonchev–Trinajstić information content (AvgIpc) is 2.68. The van der Waals surface area contributed by atoms with E-state index in [1.807, 2.05) is 24.8 Å². The van der Waals surface area contributed by atoms with E-state index in [-0.39, 0.29) is 17.7 Å². The number of hydrogen-bond donors (Lipinski definition) is 1. The highest BCUT2D eigenvalue weighted by Crippen LogP contribution is 2.33. The van der Waals surface area contributed by atoms with Crippen LogP contribution in [0.2, 0.25) is 0 Å². The smallest absolute Gasteiger partial charge is 0.254 e. The lowest BCUT2D eigenvalue weighted by molar-refractivity contribution is -0.118. The first kappa shape index (κ1) is 19.5. The van der Waals surface area contributed by atoms with Crippen molar-refractivity contribution in [3.8, 4) is 0 Å². The molecule has 1 fully saturated rings. The standard InChI is InChI=1S/C21H24BrN3O2/c1-14(2)20(26)24-19-13-16(7-10-23-19)21(27)25-11-8-15(9-12-25)17-5-3-4-6-18(17)22/h3-7,10,13-15H,8-9,11-12H2,1-2H3,(H,23,24,26). The van der Waals surface area contributed by atoms with Crippen molar-refractivity contribution in [3.05, 3.63) is 58.2 Å². The molecular weight excluding hydrogens is 406 g/mol. The average molecular weight is 430 g/mol. The summed E-state index contributed by atoms with van der Waals surface area (Å²) in [6.07, 6.45) is 3.45. The fourth-order valence-electron chi connectivity index (χ4n) is 3.28. The minimum absolute atomic E-state index is 0.0111. The number of carbonyl (C=O) groups excluding carboxylic acids is 2. The van der Waals surface area contributed by atoms with Crippen molar-refractivity contribution in [3.63, 3.8) is 0 Å². The van der Waals surface area contributed by atoms with Crippen LogP contribution in [0.25, 0.3) is 0 Å². The lowest BCUT2D eigenvalue weighted by atomic mass is 9.89. The molecule has 0 atom stereocenters. The van der Waals surface area contributed by atoms with Crippen LogP contribution in [-0.2, 0) is 4.79 Å². The minimum atomic E-state index is -0.137. The molecule has 5 nitrogen and oxygen atoms in total. The Morgan fingerprint density at radius 3 is 2.56 bits per heavy atom. The van der Waals surface area contributed by atoms with Crippen LogP contribution in [0.4, 0.5) is 5.82 Å². The van der Waals surface area contributed by atoms with Crippen LogP contribution in [0.5, 0.6) is 0 Å². The molecule has 0 spiro atoms. The van der Waals surface area contributed by atoms with Crippen LogP contribution < -0.4 is 5.32 Å². The predicted molar refractivity (Wildman–Crippen MR) is 110 cm³/mol. The zero-order valence-corrected chi connectivity index (χ0v) is 17.2. The molecule has 2 amide bonds. The fraction of sp³-hybridized carbons (Fsp3) is 0.381. The van der Waals surface area contributed by atoms with Gasteiger partial charge in [0, 0.05) is 35.2 Å². The zero-order valence-electron chi connectivity index (χ0n) is 15.6. The molecule has 0 aliphatic carbocycles. The minimum Gasteiger partial charge on any atom is -0.339 e. The first-order valence-corrected chi connectivity index (χ1v) is 10.1. The van der Waals surface area contributed by atoms with Gasteiger partial charge in [-0.2, -0.15) is 0 Å². The molecule has 0 bridgehead atoms. The van der Waals surface area contributed by atoms with Gasteiger partial charge < -0.3 is 10.2 Å². The van der Waals surface area contributed by atoms with Gasteiger partial charge in [-0.05, 0) is 42.5 Å². The van der Waals surface area contributed by atoms with Crippen LogP contribution >= 0.6 is 15.9 Å². The quantitative estimate of drug-likeness (QED) is 0.779. The summed E-state index contributed by atoms with van der Waals surface area (Å²) in [5.74, 6) is 0.623. The Labute approximate surface area is 168 Å². The molecule has 1 N–H and O–H groups in total. The Morgan fingerprint density at radius 1 is 1.19 bits per heavy atom. The van der Waals surface area contributed by atoms with Crippen LogP contribution in [0, 0.1) is 5.92 Å². The Hall–Kier alpha value is -2.21. The normalized spacial score (nSPS) is 15.0. The molecule has 6 heteroatoms. The lowest BCUT2D eigenvalue weighted by Gasteiger charge is -2.32. The van der Waals surface area contributed by atoms with E-state index in [9.17, 15) is 9.59 Å². The third-order valence-electron chi connectivity index (χ3n) is 4.91. The molecule has 27 heavy (non-hydrogen) atoms. The number of pyridine rings is 1. The van der Waals surface area contributed by atoms with Gasteiger partial charge in [-0.3, -0.25) is 9.59 Å². The summed E-state index contributed by atoms with van der Waals surface area (Å²) in [5.41, 5.74) is 1.87. The summed E-state index contributed by atoms with van der Waals surface area (Å²) in [6.45, 7) is 5.08. The number of nitrogens with zero attached hydrogens (tertiary/aromatic N) is 2. The van der Waals surface area contributed by atoms with Gasteiger partial charge in [-0.15, -0.1) is 0 Å². The van der Waals surface area contributed by atoms with Crippen molar-refractivity contribution < 1.29 is 9.59 Å². The first-order valence-electron chi connectivity index (χ1n) is 9.26. The van der Waals surface area contributed by atoms with Crippen molar-refractivity contribution in [2.45, 2.75) is 32.6 Å². The third kappa shape index (κ3) is 4.75. The number of nitrogens with one attached hydrogen (secondary N) is 1. The van der Waals surface area contributed by atoms with E-state index in [0.717, 1.165) is 30.4 Å². The van der Waals surface area contributed by atoms with Crippen molar-refractivity contribution >= 4 is 33.6 Å². The van der Waals surface area contributed by atoms with Gasteiger partial charge in [0.1, 0.15) is 5.82 Å². The molecule has 1 saturated heterocycles. The number of amides is 2. The SMILES string of the molecule is CC(C)C(=O)Nc1cc(C(=O)N2CCC(c3ccccc3Br)CC2)ccn1. The predicted octanol–water partition coefficient (Wildman–Crippen LogP) is 4.46. The van der Waals surface area contributed by atoms with Gasteiger partial charge in [0.15, 0.2) is 0 Å². The van der Waals surface area contributed by atoms with Gasteiger partial charge in [-0.1, -0.05) is 48.0 Å². The summed E-state index contributed by atoms with van der Waals surface area (Å²) in [7, 11) is 0. The van der Waals surface area contributed by atoms with E-state index in [0.29, 0.717) is 17.3 Å². The van der Waals surface area contributed by atoms with Gasteiger partial charge in [0.25, 0.3) is 5.91 Å². The van der Waals surface area contributed by atoms with E-state index in [2.05, 4.69) is 44.4 Å². The van der Waals surface area contributed by atoms with E-state index in [1.54, 1.807) is 18.3 Å². The second kappa shape index (κ2) is 8.65. The lowest BCUT2D eigenvalue weighted by Crippen LogP contribution is -2.38.